The smallest absolute Gasteiger partial charge is 0.221 e. The van der Waals surface area contributed by atoms with Gasteiger partial charge in [-0.3, -0.25) is 4.79 Å². The van der Waals surface area contributed by atoms with Crippen LogP contribution >= 0.6 is 0 Å². The second-order valence-corrected chi connectivity index (χ2v) is 12.3. The molecule has 1 unspecified atom stereocenters. The molecule has 230 valence electrons. The van der Waals surface area contributed by atoms with Gasteiger partial charge in [0.05, 0.1) is 12.0 Å². The van der Waals surface area contributed by atoms with Crippen molar-refractivity contribution in [1.29, 1.82) is 0 Å². The summed E-state index contributed by atoms with van der Waals surface area (Å²) >= 11 is 0. The fourth-order valence-corrected chi connectivity index (χ4v) is 6.58. The molecule has 1 aromatic heterocycles. The van der Waals surface area contributed by atoms with Crippen LogP contribution in [0.3, 0.4) is 0 Å². The zero-order chi connectivity index (χ0) is 32.1. The SMILES string of the molecule is CC(=O)Nc1cccc(-c2ccc(C(O)(CC(C)C)c3cn(C(c4ccccc4)(c4ccccc4)c4ccccc4)cn3)cc2)c1. The summed E-state index contributed by atoms with van der Waals surface area (Å²) in [6, 6.07) is 47.2. The number of anilines is 1. The number of hydrogen-bond donors (Lipinski definition) is 2. The summed E-state index contributed by atoms with van der Waals surface area (Å²) in [5.74, 6) is 0.0905. The third kappa shape index (κ3) is 5.90. The number of nitrogens with zero attached hydrogens (tertiary/aromatic N) is 2. The lowest BCUT2D eigenvalue weighted by Crippen LogP contribution is -2.37. The number of aliphatic hydroxyl groups is 1. The number of carbonyl (C=O) groups excluding carboxylic acids is 1. The molecule has 0 bridgehead atoms. The second kappa shape index (κ2) is 13.0. The lowest BCUT2D eigenvalue weighted by atomic mass is 9.76. The van der Waals surface area contributed by atoms with Crippen LogP contribution in [0, 0.1) is 5.92 Å². The molecule has 5 aromatic carbocycles. The highest BCUT2D eigenvalue weighted by Crippen LogP contribution is 2.43. The van der Waals surface area contributed by atoms with Gasteiger partial charge in [0.2, 0.25) is 5.91 Å². The van der Waals surface area contributed by atoms with Crippen molar-refractivity contribution >= 4 is 11.6 Å². The summed E-state index contributed by atoms with van der Waals surface area (Å²) < 4.78 is 2.15. The zero-order valence-corrected chi connectivity index (χ0v) is 26.5. The minimum absolute atomic E-state index is 0.110. The summed E-state index contributed by atoms with van der Waals surface area (Å²) in [4.78, 5) is 16.6. The molecule has 0 aliphatic rings. The van der Waals surface area contributed by atoms with Crippen LogP contribution in [-0.2, 0) is 15.9 Å². The van der Waals surface area contributed by atoms with Crippen LogP contribution in [0.25, 0.3) is 11.1 Å². The van der Waals surface area contributed by atoms with E-state index in [2.05, 4.69) is 96.5 Å². The number of hydrogen-bond acceptors (Lipinski definition) is 3. The van der Waals surface area contributed by atoms with Crippen molar-refractivity contribution in [2.24, 2.45) is 5.92 Å². The largest absolute Gasteiger partial charge is 0.379 e. The molecule has 6 aromatic rings. The van der Waals surface area contributed by atoms with E-state index >= 15 is 0 Å². The fraction of sp³-hybridized carbons (Fsp3) is 0.171. The van der Waals surface area contributed by atoms with Crippen molar-refractivity contribution in [2.45, 2.75) is 38.3 Å². The van der Waals surface area contributed by atoms with E-state index in [1.807, 2.05) is 79.3 Å². The first-order valence-electron chi connectivity index (χ1n) is 15.7. The number of carbonyl (C=O) groups is 1. The van der Waals surface area contributed by atoms with Gasteiger partial charge in [0.15, 0.2) is 0 Å². The number of rotatable bonds is 10. The average molecular weight is 606 g/mol. The van der Waals surface area contributed by atoms with Gasteiger partial charge in [-0.1, -0.05) is 141 Å². The van der Waals surface area contributed by atoms with Crippen molar-refractivity contribution in [2.75, 3.05) is 5.32 Å². The summed E-state index contributed by atoms with van der Waals surface area (Å²) in [6.45, 7) is 5.74. The van der Waals surface area contributed by atoms with Gasteiger partial charge in [0.25, 0.3) is 0 Å². The van der Waals surface area contributed by atoms with E-state index in [-0.39, 0.29) is 11.8 Å². The fourth-order valence-electron chi connectivity index (χ4n) is 6.58. The van der Waals surface area contributed by atoms with Crippen molar-refractivity contribution in [3.63, 3.8) is 0 Å². The monoisotopic (exact) mass is 605 g/mol. The topological polar surface area (TPSA) is 67.2 Å². The van der Waals surface area contributed by atoms with Gasteiger partial charge in [-0.25, -0.2) is 4.98 Å². The van der Waals surface area contributed by atoms with Crippen LogP contribution in [0.2, 0.25) is 0 Å². The summed E-state index contributed by atoms with van der Waals surface area (Å²) in [6.07, 6.45) is 4.37. The zero-order valence-electron chi connectivity index (χ0n) is 26.5. The second-order valence-electron chi connectivity index (χ2n) is 12.3. The predicted molar refractivity (Wildman–Crippen MR) is 185 cm³/mol. The van der Waals surface area contributed by atoms with E-state index in [9.17, 15) is 9.90 Å². The number of nitrogens with one attached hydrogen (secondary N) is 1. The summed E-state index contributed by atoms with van der Waals surface area (Å²) in [5, 5.41) is 15.5. The maximum absolute atomic E-state index is 12.6. The maximum Gasteiger partial charge on any atom is 0.221 e. The first-order valence-corrected chi connectivity index (χ1v) is 15.7. The van der Waals surface area contributed by atoms with Crippen LogP contribution < -0.4 is 5.32 Å². The molecule has 0 spiro atoms. The average Bonchev–Trinajstić information content (AvgIpc) is 3.58. The van der Waals surface area contributed by atoms with Gasteiger partial charge in [0.1, 0.15) is 11.1 Å². The molecule has 1 atom stereocenters. The molecule has 0 aliphatic heterocycles. The molecular weight excluding hydrogens is 566 g/mol. The van der Waals surface area contributed by atoms with E-state index in [4.69, 9.17) is 4.98 Å². The molecule has 0 radical (unpaired) electrons. The first-order chi connectivity index (χ1) is 22.3. The maximum atomic E-state index is 12.6. The predicted octanol–water partition coefficient (Wildman–Crippen LogP) is 8.63. The highest BCUT2D eigenvalue weighted by Gasteiger charge is 2.41. The van der Waals surface area contributed by atoms with Gasteiger partial charge < -0.3 is 15.0 Å². The molecule has 0 fully saturated rings. The molecule has 5 heteroatoms. The van der Waals surface area contributed by atoms with E-state index in [0.717, 1.165) is 39.1 Å². The van der Waals surface area contributed by atoms with E-state index < -0.39 is 11.1 Å². The Balaban J connectivity index is 1.48. The molecular formula is C41H39N3O2. The minimum atomic E-state index is -1.33. The van der Waals surface area contributed by atoms with E-state index in [1.165, 1.54) is 6.92 Å². The van der Waals surface area contributed by atoms with Crippen LogP contribution in [0.5, 0.6) is 0 Å². The molecule has 0 saturated carbocycles. The van der Waals surface area contributed by atoms with Gasteiger partial charge in [-0.15, -0.1) is 0 Å². The Morgan fingerprint density at radius 1 is 0.717 bits per heavy atom. The van der Waals surface area contributed by atoms with E-state index in [1.54, 1.807) is 0 Å². The summed E-state index contributed by atoms with van der Waals surface area (Å²) in [5.41, 5.74) is 5.31. The molecule has 1 heterocycles. The molecule has 1 amide bonds. The van der Waals surface area contributed by atoms with Crippen LogP contribution in [0.15, 0.2) is 152 Å². The molecule has 2 N–H and O–H groups in total. The molecule has 0 saturated heterocycles. The number of aromatic nitrogens is 2. The Labute approximate surface area is 271 Å². The Kier molecular flexibility index (Phi) is 8.69. The van der Waals surface area contributed by atoms with Crippen molar-refractivity contribution in [3.05, 3.63) is 180 Å². The number of amides is 1. The van der Waals surface area contributed by atoms with Gasteiger partial charge in [0, 0.05) is 18.8 Å². The molecule has 5 nitrogen and oxygen atoms in total. The van der Waals surface area contributed by atoms with Gasteiger partial charge in [-0.2, -0.15) is 0 Å². The lowest BCUT2D eigenvalue weighted by Gasteiger charge is -2.37. The molecule has 46 heavy (non-hydrogen) atoms. The Morgan fingerprint density at radius 3 is 1.76 bits per heavy atom. The highest BCUT2D eigenvalue weighted by molar-refractivity contribution is 5.89. The molecule has 0 aliphatic carbocycles. The van der Waals surface area contributed by atoms with E-state index in [0.29, 0.717) is 12.1 Å². The van der Waals surface area contributed by atoms with Crippen LogP contribution in [0.4, 0.5) is 5.69 Å². The standard InChI is InChI=1S/C41H39N3O2/c1-30(2)27-40(46,34-24-22-32(23-25-34)33-14-13-21-38(26-33)43-31(3)45)39-28-44(29-42-39)41(35-15-7-4-8-16-35,36-17-9-5-10-18-36)37-19-11-6-12-20-37/h4-26,28-30,46H,27H2,1-3H3,(H,43,45). The quantitative estimate of drug-likeness (QED) is 0.154. The van der Waals surface area contributed by atoms with Crippen molar-refractivity contribution in [3.8, 4) is 11.1 Å². The van der Waals surface area contributed by atoms with Crippen LogP contribution in [-0.4, -0.2) is 20.6 Å². The normalized spacial score (nSPS) is 12.9. The van der Waals surface area contributed by atoms with Crippen molar-refractivity contribution < 1.29 is 9.90 Å². The Hall–Kier alpha value is -5.26. The van der Waals surface area contributed by atoms with Crippen LogP contribution in [0.1, 0.15) is 55.1 Å². The Morgan fingerprint density at radius 2 is 1.26 bits per heavy atom. The third-order valence-electron chi connectivity index (χ3n) is 8.55. The highest BCUT2D eigenvalue weighted by atomic mass is 16.3. The Bertz CT molecular complexity index is 1800. The number of benzene rings is 5. The van der Waals surface area contributed by atoms with Crippen molar-refractivity contribution in [1.82, 2.24) is 9.55 Å². The minimum Gasteiger partial charge on any atom is -0.379 e. The van der Waals surface area contributed by atoms with Gasteiger partial charge in [-0.05, 0) is 57.9 Å². The summed E-state index contributed by atoms with van der Waals surface area (Å²) in [7, 11) is 0. The number of imidazole rings is 1. The molecule has 6 rings (SSSR count). The lowest BCUT2D eigenvalue weighted by molar-refractivity contribution is -0.114. The first kappa shape index (κ1) is 30.8. The third-order valence-corrected chi connectivity index (χ3v) is 8.55. The van der Waals surface area contributed by atoms with Gasteiger partial charge >= 0.3 is 0 Å².